The van der Waals surface area contributed by atoms with Gasteiger partial charge in [0.2, 0.25) is 0 Å². The van der Waals surface area contributed by atoms with E-state index in [4.69, 9.17) is 4.74 Å². The topological polar surface area (TPSA) is 67.4 Å². The molecule has 0 aromatic rings. The Hall–Kier alpha value is -1.10. The zero-order chi connectivity index (χ0) is 12.9. The smallest absolute Gasteiger partial charge is 0.408 e. The highest BCUT2D eigenvalue weighted by Crippen LogP contribution is 2.08. The highest BCUT2D eigenvalue weighted by Gasteiger charge is 2.22. The van der Waals surface area contributed by atoms with Gasteiger partial charge in [-0.05, 0) is 40.2 Å². The number of hydrogen-bond donors (Lipinski definition) is 2. The van der Waals surface area contributed by atoms with E-state index in [1.165, 1.54) is 0 Å². The van der Waals surface area contributed by atoms with Crippen molar-refractivity contribution in [2.24, 2.45) is 0 Å². The summed E-state index contributed by atoms with van der Waals surface area (Å²) in [5.41, 5.74) is -0.532. The zero-order valence-electron chi connectivity index (χ0n) is 10.8. The molecule has 1 aliphatic rings. The van der Waals surface area contributed by atoms with Gasteiger partial charge in [-0.2, -0.15) is 0 Å². The molecule has 1 fully saturated rings. The first kappa shape index (κ1) is 14.0. The molecular weight excluding hydrogens is 220 g/mol. The number of rotatable bonds is 3. The van der Waals surface area contributed by atoms with E-state index in [1.807, 2.05) is 0 Å². The number of hydrogen-bond acceptors (Lipinski definition) is 4. The normalized spacial score (nSPS) is 20.8. The second-order valence-electron chi connectivity index (χ2n) is 5.32. The number of carbonyl (C=O) groups excluding carboxylic acids is 2. The lowest BCUT2D eigenvalue weighted by Crippen LogP contribution is -2.46. The zero-order valence-corrected chi connectivity index (χ0v) is 10.8. The molecule has 17 heavy (non-hydrogen) atoms. The number of nitrogens with one attached hydrogen (secondary N) is 2. The van der Waals surface area contributed by atoms with E-state index < -0.39 is 11.7 Å². The van der Waals surface area contributed by atoms with E-state index in [1.54, 1.807) is 20.8 Å². The molecule has 0 aromatic carbocycles. The van der Waals surface area contributed by atoms with Gasteiger partial charge in [0.1, 0.15) is 5.60 Å². The lowest BCUT2D eigenvalue weighted by Gasteiger charge is -2.23. The first-order valence-electron chi connectivity index (χ1n) is 6.11. The van der Waals surface area contributed by atoms with Crippen LogP contribution in [-0.2, 0) is 9.53 Å². The second-order valence-corrected chi connectivity index (χ2v) is 5.32. The van der Waals surface area contributed by atoms with Crippen LogP contribution in [0.25, 0.3) is 0 Å². The van der Waals surface area contributed by atoms with Crippen LogP contribution in [0.15, 0.2) is 0 Å². The average molecular weight is 242 g/mol. The average Bonchev–Trinajstić information content (AvgIpc) is 2.25. The van der Waals surface area contributed by atoms with Crippen molar-refractivity contribution < 1.29 is 14.3 Å². The monoisotopic (exact) mass is 242 g/mol. The third-order valence-electron chi connectivity index (χ3n) is 2.50. The third-order valence-corrected chi connectivity index (χ3v) is 2.50. The Balaban J connectivity index is 2.25. The van der Waals surface area contributed by atoms with Crippen molar-refractivity contribution in [2.75, 3.05) is 13.1 Å². The Labute approximate surface area is 102 Å². The van der Waals surface area contributed by atoms with Gasteiger partial charge in [0.15, 0.2) is 5.78 Å². The molecule has 0 aromatic heterocycles. The maximum atomic E-state index is 11.7. The summed E-state index contributed by atoms with van der Waals surface area (Å²) >= 11 is 0. The molecule has 1 unspecified atom stereocenters. The molecule has 0 saturated carbocycles. The predicted molar refractivity (Wildman–Crippen MR) is 64.9 cm³/mol. The quantitative estimate of drug-likeness (QED) is 0.781. The molecule has 1 saturated heterocycles. The number of Topliss-reactive ketones (excluding diaryl/α,β-unsaturated/α-hetero) is 1. The molecule has 0 spiro atoms. The molecule has 0 radical (unpaired) electrons. The summed E-state index contributed by atoms with van der Waals surface area (Å²) in [4.78, 5) is 23.1. The number of ether oxygens (including phenoxy) is 1. The molecule has 1 heterocycles. The predicted octanol–water partition coefficient (Wildman–Crippen LogP) is 1.22. The molecule has 1 amide bonds. The van der Waals surface area contributed by atoms with Crippen LogP contribution in [-0.4, -0.2) is 36.6 Å². The molecular formula is C12H22N2O3. The van der Waals surface area contributed by atoms with Gasteiger partial charge in [-0.25, -0.2) is 4.79 Å². The molecule has 1 rings (SSSR count). The molecule has 1 aliphatic heterocycles. The molecule has 0 aliphatic carbocycles. The second kappa shape index (κ2) is 6.00. The van der Waals surface area contributed by atoms with Gasteiger partial charge in [0.25, 0.3) is 0 Å². The highest BCUT2D eigenvalue weighted by molar-refractivity contribution is 5.88. The number of amides is 1. The first-order valence-corrected chi connectivity index (χ1v) is 6.11. The van der Waals surface area contributed by atoms with Crippen LogP contribution < -0.4 is 10.6 Å². The molecule has 2 N–H and O–H groups in total. The summed E-state index contributed by atoms with van der Waals surface area (Å²) in [5.74, 6) is 0.0237. The third kappa shape index (κ3) is 5.68. The fraction of sp³-hybridized carbons (Fsp3) is 0.833. The van der Waals surface area contributed by atoms with Crippen LogP contribution in [0.1, 0.15) is 40.0 Å². The van der Waals surface area contributed by atoms with Crippen molar-refractivity contribution in [2.45, 2.75) is 51.7 Å². The van der Waals surface area contributed by atoms with Crippen molar-refractivity contribution in [3.05, 3.63) is 0 Å². The van der Waals surface area contributed by atoms with Crippen LogP contribution in [0.3, 0.4) is 0 Å². The lowest BCUT2D eigenvalue weighted by atomic mass is 10.0. The molecule has 5 heteroatoms. The van der Waals surface area contributed by atoms with Gasteiger partial charge < -0.3 is 15.4 Å². The molecule has 1 atom stereocenters. The minimum absolute atomic E-state index is 0.0237. The fourth-order valence-electron chi connectivity index (χ4n) is 1.72. The summed E-state index contributed by atoms with van der Waals surface area (Å²) in [6.07, 6.45) is 2.50. The highest BCUT2D eigenvalue weighted by atomic mass is 16.6. The fourth-order valence-corrected chi connectivity index (χ4v) is 1.72. The molecule has 0 bridgehead atoms. The van der Waals surface area contributed by atoms with Crippen molar-refractivity contribution in [1.29, 1.82) is 0 Å². The maximum Gasteiger partial charge on any atom is 0.408 e. The Kier molecular flexibility index (Phi) is 4.93. The van der Waals surface area contributed by atoms with Gasteiger partial charge in [0, 0.05) is 0 Å². The van der Waals surface area contributed by atoms with Crippen molar-refractivity contribution in [3.63, 3.8) is 0 Å². The summed E-state index contributed by atoms with van der Waals surface area (Å²) in [6.45, 7) is 6.28. The first-order chi connectivity index (χ1) is 7.88. The largest absolute Gasteiger partial charge is 0.444 e. The van der Waals surface area contributed by atoms with Gasteiger partial charge >= 0.3 is 6.09 Å². The summed E-state index contributed by atoms with van der Waals surface area (Å²) < 4.78 is 5.05. The minimum Gasteiger partial charge on any atom is -0.444 e. The van der Waals surface area contributed by atoms with Crippen LogP contribution in [0.4, 0.5) is 4.79 Å². The standard InChI is InChI=1S/C12H22N2O3/c1-12(2,3)17-11(16)14-8-10(15)9-6-4-5-7-13-9/h9,13H,4-8H2,1-3H3,(H,14,16). The van der Waals surface area contributed by atoms with E-state index in [2.05, 4.69) is 10.6 Å². The maximum absolute atomic E-state index is 11.7. The van der Waals surface area contributed by atoms with Crippen LogP contribution in [0, 0.1) is 0 Å². The van der Waals surface area contributed by atoms with Gasteiger partial charge in [0.05, 0.1) is 12.6 Å². The summed E-state index contributed by atoms with van der Waals surface area (Å²) in [6, 6.07) is -0.112. The SMILES string of the molecule is CC(C)(C)OC(=O)NCC(=O)C1CCCCN1. The Morgan fingerprint density at radius 1 is 1.35 bits per heavy atom. The van der Waals surface area contributed by atoms with E-state index >= 15 is 0 Å². The Bertz CT molecular complexity index is 278. The molecule has 98 valence electrons. The van der Waals surface area contributed by atoms with Gasteiger partial charge in [-0.1, -0.05) is 6.42 Å². The van der Waals surface area contributed by atoms with Crippen LogP contribution in [0.5, 0.6) is 0 Å². The lowest BCUT2D eigenvalue weighted by molar-refractivity contribution is -0.120. The van der Waals surface area contributed by atoms with E-state index in [9.17, 15) is 9.59 Å². The summed E-state index contributed by atoms with van der Waals surface area (Å²) in [7, 11) is 0. The number of carbonyl (C=O) groups is 2. The van der Waals surface area contributed by atoms with Gasteiger partial charge in [-0.3, -0.25) is 4.79 Å². The van der Waals surface area contributed by atoms with Crippen LogP contribution in [0.2, 0.25) is 0 Å². The minimum atomic E-state index is -0.540. The van der Waals surface area contributed by atoms with E-state index in [0.29, 0.717) is 0 Å². The number of alkyl carbamates (subject to hydrolysis) is 1. The molecule has 5 nitrogen and oxygen atoms in total. The van der Waals surface area contributed by atoms with Crippen molar-refractivity contribution >= 4 is 11.9 Å². The van der Waals surface area contributed by atoms with Gasteiger partial charge in [-0.15, -0.1) is 0 Å². The number of piperidine rings is 1. The summed E-state index contributed by atoms with van der Waals surface area (Å²) in [5, 5.41) is 5.63. The van der Waals surface area contributed by atoms with E-state index in [-0.39, 0.29) is 18.4 Å². The Morgan fingerprint density at radius 3 is 2.59 bits per heavy atom. The Morgan fingerprint density at radius 2 is 2.06 bits per heavy atom. The van der Waals surface area contributed by atoms with Crippen molar-refractivity contribution in [3.8, 4) is 0 Å². The number of ketones is 1. The van der Waals surface area contributed by atoms with Crippen molar-refractivity contribution in [1.82, 2.24) is 10.6 Å². The van der Waals surface area contributed by atoms with E-state index in [0.717, 1.165) is 25.8 Å². The van der Waals surface area contributed by atoms with Crippen LogP contribution >= 0.6 is 0 Å².